The van der Waals surface area contributed by atoms with E-state index in [4.69, 9.17) is 4.74 Å². The first-order valence-corrected chi connectivity index (χ1v) is 14.1. The Balaban J connectivity index is 1.38. The van der Waals surface area contributed by atoms with Crippen LogP contribution in [0.25, 0.3) is 0 Å². The summed E-state index contributed by atoms with van der Waals surface area (Å²) in [5.41, 5.74) is 2.50. The molecule has 2 atom stereocenters. The zero-order valence-electron chi connectivity index (χ0n) is 21.2. The molecule has 4 rings (SSSR count). The number of sulfonamides is 1. The lowest BCUT2D eigenvalue weighted by molar-refractivity contribution is -0.132. The molecule has 1 amide bonds. The van der Waals surface area contributed by atoms with E-state index in [1.807, 2.05) is 38.1 Å². The standard InChI is InChI=1S/C27H33N3O5S/c1-19-15-25(35-18-27(32)29-14-13-24(17-29)28(3)36(4,33)34)16-26(31)30(19)20(2)23-11-9-22(10-12-23)8-7-21-5-6-21/h9-12,15-16,20-21,24H,5-6,13-14,17-18H2,1-4H3/t20-,24-/m1/s1. The average Bonchev–Trinajstić information content (AvgIpc) is 3.53. The second kappa shape index (κ2) is 10.5. The van der Waals surface area contributed by atoms with Crippen molar-refractivity contribution < 1.29 is 17.9 Å². The summed E-state index contributed by atoms with van der Waals surface area (Å²) in [4.78, 5) is 27.2. The fraction of sp³-hybridized carbons (Fsp3) is 0.481. The number of likely N-dealkylation sites (tertiary alicyclic amines) is 1. The third kappa shape index (κ3) is 6.18. The monoisotopic (exact) mass is 511 g/mol. The van der Waals surface area contributed by atoms with E-state index in [0.717, 1.165) is 23.1 Å². The van der Waals surface area contributed by atoms with Gasteiger partial charge in [-0.1, -0.05) is 24.0 Å². The summed E-state index contributed by atoms with van der Waals surface area (Å²) in [6.45, 7) is 4.40. The number of hydrogen-bond donors (Lipinski definition) is 0. The van der Waals surface area contributed by atoms with Crippen LogP contribution >= 0.6 is 0 Å². The second-order valence-corrected chi connectivity index (χ2v) is 11.8. The fourth-order valence-electron chi connectivity index (χ4n) is 4.44. The maximum absolute atomic E-state index is 12.9. The van der Waals surface area contributed by atoms with Crippen LogP contribution in [-0.2, 0) is 14.8 Å². The number of ether oxygens (including phenoxy) is 1. The topological polar surface area (TPSA) is 88.9 Å². The first-order valence-electron chi connectivity index (χ1n) is 12.2. The fourth-order valence-corrected chi connectivity index (χ4v) is 5.15. The van der Waals surface area contributed by atoms with Gasteiger partial charge in [0.2, 0.25) is 10.0 Å². The van der Waals surface area contributed by atoms with Crippen LogP contribution in [0.4, 0.5) is 0 Å². The van der Waals surface area contributed by atoms with Gasteiger partial charge in [-0.25, -0.2) is 12.7 Å². The van der Waals surface area contributed by atoms with Crippen molar-refractivity contribution in [1.29, 1.82) is 0 Å². The summed E-state index contributed by atoms with van der Waals surface area (Å²) in [5, 5.41) is 0. The minimum atomic E-state index is -3.32. The lowest BCUT2D eigenvalue weighted by Gasteiger charge is -2.22. The summed E-state index contributed by atoms with van der Waals surface area (Å²) in [5.74, 6) is 7.11. The molecule has 1 aromatic carbocycles. The van der Waals surface area contributed by atoms with Gasteiger partial charge >= 0.3 is 0 Å². The lowest BCUT2D eigenvalue weighted by atomic mass is 10.1. The molecule has 192 valence electrons. The highest BCUT2D eigenvalue weighted by Crippen LogP contribution is 2.27. The molecule has 2 heterocycles. The summed E-state index contributed by atoms with van der Waals surface area (Å²) in [6, 6.07) is 10.7. The molecule has 8 nitrogen and oxygen atoms in total. The van der Waals surface area contributed by atoms with E-state index in [0.29, 0.717) is 31.2 Å². The maximum Gasteiger partial charge on any atom is 0.260 e. The van der Waals surface area contributed by atoms with Gasteiger partial charge in [0.05, 0.1) is 12.3 Å². The summed E-state index contributed by atoms with van der Waals surface area (Å²) >= 11 is 0. The van der Waals surface area contributed by atoms with E-state index < -0.39 is 10.0 Å². The number of aromatic nitrogens is 1. The van der Waals surface area contributed by atoms with Gasteiger partial charge in [0, 0.05) is 49.4 Å². The smallest absolute Gasteiger partial charge is 0.260 e. The lowest BCUT2D eigenvalue weighted by Crippen LogP contribution is -2.40. The molecule has 1 aromatic heterocycles. The van der Waals surface area contributed by atoms with Crippen LogP contribution in [0.3, 0.4) is 0 Å². The Hall–Kier alpha value is -3.09. The quantitative estimate of drug-likeness (QED) is 0.533. The van der Waals surface area contributed by atoms with E-state index in [9.17, 15) is 18.0 Å². The average molecular weight is 512 g/mol. The van der Waals surface area contributed by atoms with Crippen molar-refractivity contribution in [1.82, 2.24) is 13.8 Å². The number of benzene rings is 1. The third-order valence-electron chi connectivity index (χ3n) is 6.93. The van der Waals surface area contributed by atoms with Crippen molar-refractivity contribution in [2.45, 2.75) is 45.2 Å². The van der Waals surface area contributed by atoms with Crippen LogP contribution in [0.1, 0.15) is 49.0 Å². The van der Waals surface area contributed by atoms with Crippen LogP contribution in [-0.4, -0.2) is 67.1 Å². The van der Waals surface area contributed by atoms with E-state index in [1.165, 1.54) is 30.3 Å². The van der Waals surface area contributed by atoms with Crippen molar-refractivity contribution in [3.63, 3.8) is 0 Å². The molecule has 0 N–H and O–H groups in total. The molecule has 0 spiro atoms. The van der Waals surface area contributed by atoms with Crippen molar-refractivity contribution in [2.75, 3.05) is 33.0 Å². The highest BCUT2D eigenvalue weighted by molar-refractivity contribution is 7.88. The Labute approximate surface area is 212 Å². The van der Waals surface area contributed by atoms with E-state index in [2.05, 4.69) is 11.8 Å². The molecule has 2 aromatic rings. The summed E-state index contributed by atoms with van der Waals surface area (Å²) < 4.78 is 32.2. The first-order chi connectivity index (χ1) is 17.0. The minimum Gasteiger partial charge on any atom is -0.484 e. The van der Waals surface area contributed by atoms with E-state index >= 15 is 0 Å². The number of rotatable bonds is 7. The van der Waals surface area contributed by atoms with Crippen molar-refractivity contribution >= 4 is 15.9 Å². The largest absolute Gasteiger partial charge is 0.484 e. The van der Waals surface area contributed by atoms with Crippen LogP contribution in [0.5, 0.6) is 5.75 Å². The van der Waals surface area contributed by atoms with Crippen LogP contribution in [0.15, 0.2) is 41.2 Å². The molecule has 1 saturated carbocycles. The Bertz CT molecular complexity index is 1350. The van der Waals surface area contributed by atoms with Gasteiger partial charge in [0.1, 0.15) is 5.75 Å². The van der Waals surface area contributed by atoms with Gasteiger partial charge in [-0.05, 0) is 56.9 Å². The molecule has 1 aliphatic heterocycles. The molecule has 0 bridgehead atoms. The van der Waals surface area contributed by atoms with E-state index in [-0.39, 0.29) is 30.2 Å². The zero-order valence-corrected chi connectivity index (χ0v) is 22.0. The number of carbonyl (C=O) groups is 1. The number of amides is 1. The molecule has 0 radical (unpaired) electrons. The summed E-state index contributed by atoms with van der Waals surface area (Å²) in [6.07, 6.45) is 4.13. The number of nitrogens with zero attached hydrogens (tertiary/aromatic N) is 3. The molecule has 1 saturated heterocycles. The van der Waals surface area contributed by atoms with Crippen LogP contribution in [0.2, 0.25) is 0 Å². The normalized spacial score (nSPS) is 18.6. The number of hydrogen-bond acceptors (Lipinski definition) is 5. The Morgan fingerprint density at radius 3 is 2.50 bits per heavy atom. The Kier molecular flexibility index (Phi) is 7.57. The zero-order chi connectivity index (χ0) is 26.0. The Morgan fingerprint density at radius 2 is 1.89 bits per heavy atom. The van der Waals surface area contributed by atoms with Crippen molar-refractivity contribution in [2.24, 2.45) is 5.92 Å². The van der Waals surface area contributed by atoms with Crippen molar-refractivity contribution in [3.8, 4) is 17.6 Å². The third-order valence-corrected chi connectivity index (χ3v) is 8.27. The number of carbonyl (C=O) groups excluding carboxylic acids is 1. The minimum absolute atomic E-state index is 0.174. The highest BCUT2D eigenvalue weighted by Gasteiger charge is 2.32. The van der Waals surface area contributed by atoms with Gasteiger partial charge in [0.15, 0.2) is 6.61 Å². The number of likely N-dealkylation sites (N-methyl/N-ethyl adjacent to an activating group) is 1. The van der Waals surface area contributed by atoms with Crippen LogP contribution in [0, 0.1) is 24.7 Å². The molecular weight excluding hydrogens is 478 g/mol. The first kappa shape index (κ1) is 26.0. The predicted molar refractivity (Wildman–Crippen MR) is 138 cm³/mol. The van der Waals surface area contributed by atoms with Crippen LogP contribution < -0.4 is 10.3 Å². The molecule has 0 unspecified atom stereocenters. The molecule has 1 aliphatic carbocycles. The SMILES string of the molecule is Cc1cc(OCC(=O)N2CC[C@@H](N(C)S(C)(=O)=O)C2)cc(=O)n1[C@H](C)c1ccc(C#CC2CC2)cc1. The second-order valence-electron chi connectivity index (χ2n) is 9.73. The van der Waals surface area contributed by atoms with Gasteiger partial charge in [-0.15, -0.1) is 0 Å². The van der Waals surface area contributed by atoms with Gasteiger partial charge < -0.3 is 14.2 Å². The van der Waals surface area contributed by atoms with Crippen molar-refractivity contribution in [3.05, 3.63) is 63.6 Å². The molecule has 2 fully saturated rings. The van der Waals surface area contributed by atoms with E-state index in [1.54, 1.807) is 15.5 Å². The predicted octanol–water partition coefficient (Wildman–Crippen LogP) is 2.40. The van der Waals surface area contributed by atoms with Gasteiger partial charge in [-0.3, -0.25) is 9.59 Å². The van der Waals surface area contributed by atoms with Gasteiger partial charge in [-0.2, -0.15) is 0 Å². The maximum atomic E-state index is 12.9. The molecule has 9 heteroatoms. The summed E-state index contributed by atoms with van der Waals surface area (Å²) in [7, 11) is -1.79. The number of pyridine rings is 1. The highest BCUT2D eigenvalue weighted by atomic mass is 32.2. The molecule has 36 heavy (non-hydrogen) atoms. The molecule has 2 aliphatic rings. The Morgan fingerprint density at radius 1 is 1.19 bits per heavy atom. The van der Waals surface area contributed by atoms with Gasteiger partial charge in [0.25, 0.3) is 11.5 Å². The number of aryl methyl sites for hydroxylation is 1. The molecular formula is C27H33N3O5S.